The molecule has 0 bridgehead atoms. The topological polar surface area (TPSA) is 46.2 Å². The van der Waals surface area contributed by atoms with Crippen molar-refractivity contribution in [1.29, 1.82) is 0 Å². The number of carbonyl (C=O) groups excluding carboxylic acids is 2. The van der Waals surface area contributed by atoms with Crippen LogP contribution < -0.4 is 5.32 Å². The van der Waals surface area contributed by atoms with E-state index in [1.807, 2.05) is 0 Å². The number of ketones is 1. The molecule has 0 saturated carbocycles. The number of benzene rings is 2. The molecule has 1 N–H and O–H groups in total. The molecule has 2 rings (SSSR count). The van der Waals surface area contributed by atoms with Crippen molar-refractivity contribution in [3.63, 3.8) is 0 Å². The fraction of sp³-hybridized carbons (Fsp3) is 0.0667. The molecule has 0 unspecified atom stereocenters. The highest BCUT2D eigenvalue weighted by Gasteiger charge is 2.09. The Hall–Kier alpha value is -2.13. The molecule has 0 radical (unpaired) electrons. The molecule has 19 heavy (non-hydrogen) atoms. The van der Waals surface area contributed by atoms with Crippen LogP contribution in [0.25, 0.3) is 0 Å². The van der Waals surface area contributed by atoms with Crippen molar-refractivity contribution in [3.8, 4) is 0 Å². The summed E-state index contributed by atoms with van der Waals surface area (Å²) in [6.07, 6.45) is 0. The zero-order chi connectivity index (χ0) is 13.8. The van der Waals surface area contributed by atoms with E-state index in [1.54, 1.807) is 48.5 Å². The van der Waals surface area contributed by atoms with Gasteiger partial charge in [-0.15, -0.1) is 0 Å². The Labute approximate surface area is 116 Å². The van der Waals surface area contributed by atoms with Crippen LogP contribution in [0.3, 0.4) is 0 Å². The van der Waals surface area contributed by atoms with Gasteiger partial charge in [-0.25, -0.2) is 0 Å². The van der Waals surface area contributed by atoms with E-state index in [0.717, 1.165) is 0 Å². The van der Waals surface area contributed by atoms with Crippen molar-refractivity contribution in [2.45, 2.75) is 6.92 Å². The molecule has 0 fully saturated rings. The minimum absolute atomic E-state index is 0.100. The number of anilines is 1. The van der Waals surface area contributed by atoms with Crippen LogP contribution in [0.2, 0.25) is 5.02 Å². The molecular weight excluding hydrogens is 262 g/mol. The molecule has 0 aliphatic carbocycles. The van der Waals surface area contributed by atoms with E-state index in [1.165, 1.54) is 6.92 Å². The Morgan fingerprint density at radius 2 is 1.68 bits per heavy atom. The first-order chi connectivity index (χ1) is 9.06. The molecule has 2 aromatic rings. The van der Waals surface area contributed by atoms with Gasteiger partial charge in [0, 0.05) is 28.8 Å². The summed E-state index contributed by atoms with van der Waals surface area (Å²) >= 11 is 5.86. The number of amides is 1. The molecule has 0 aliphatic rings. The van der Waals surface area contributed by atoms with E-state index in [0.29, 0.717) is 21.8 Å². The zero-order valence-corrected chi connectivity index (χ0v) is 11.1. The highest BCUT2D eigenvalue weighted by Crippen LogP contribution is 2.16. The molecule has 3 nitrogen and oxygen atoms in total. The minimum atomic E-state index is -0.145. The van der Waals surface area contributed by atoms with E-state index in [2.05, 4.69) is 5.32 Å². The Bertz CT molecular complexity index is 620. The molecule has 4 heteroatoms. The lowest BCUT2D eigenvalue weighted by Crippen LogP contribution is -2.06. The predicted octanol–water partition coefficient (Wildman–Crippen LogP) is 3.53. The van der Waals surface area contributed by atoms with E-state index in [-0.39, 0.29) is 11.7 Å². The minimum Gasteiger partial charge on any atom is -0.326 e. The first-order valence-electron chi connectivity index (χ1n) is 5.74. The highest BCUT2D eigenvalue weighted by atomic mass is 35.5. The van der Waals surface area contributed by atoms with Crippen molar-refractivity contribution in [1.82, 2.24) is 0 Å². The normalized spacial score (nSPS) is 10.0. The van der Waals surface area contributed by atoms with Gasteiger partial charge in [0.15, 0.2) is 5.78 Å². The van der Waals surface area contributed by atoms with Crippen LogP contribution in [0.15, 0.2) is 48.5 Å². The van der Waals surface area contributed by atoms with Gasteiger partial charge in [-0.3, -0.25) is 9.59 Å². The summed E-state index contributed by atoms with van der Waals surface area (Å²) in [5.41, 5.74) is 1.76. The smallest absolute Gasteiger partial charge is 0.221 e. The third-order valence-electron chi connectivity index (χ3n) is 2.55. The second kappa shape index (κ2) is 5.67. The quantitative estimate of drug-likeness (QED) is 0.870. The van der Waals surface area contributed by atoms with Crippen molar-refractivity contribution in [2.24, 2.45) is 0 Å². The van der Waals surface area contributed by atoms with Crippen LogP contribution in [-0.2, 0) is 4.79 Å². The lowest BCUT2D eigenvalue weighted by atomic mass is 10.0. The first-order valence-corrected chi connectivity index (χ1v) is 6.12. The SMILES string of the molecule is CC(=O)Nc1ccc(C(=O)c2cccc(Cl)c2)cc1. The summed E-state index contributed by atoms with van der Waals surface area (Å²) in [6, 6.07) is 13.5. The molecule has 0 heterocycles. The summed E-state index contributed by atoms with van der Waals surface area (Å²) in [5.74, 6) is -0.245. The van der Waals surface area contributed by atoms with Gasteiger partial charge in [0.25, 0.3) is 0 Å². The summed E-state index contributed by atoms with van der Waals surface area (Å²) in [7, 11) is 0. The molecular formula is C15H12ClNO2. The second-order valence-electron chi connectivity index (χ2n) is 4.10. The maximum absolute atomic E-state index is 12.2. The predicted molar refractivity (Wildman–Crippen MR) is 75.6 cm³/mol. The number of hydrogen-bond donors (Lipinski definition) is 1. The summed E-state index contributed by atoms with van der Waals surface area (Å²) in [4.78, 5) is 23.1. The van der Waals surface area contributed by atoms with Crippen molar-refractivity contribution in [2.75, 3.05) is 5.32 Å². The lowest BCUT2D eigenvalue weighted by molar-refractivity contribution is -0.114. The number of hydrogen-bond acceptors (Lipinski definition) is 2. The van der Waals surface area contributed by atoms with Gasteiger partial charge in [0.05, 0.1) is 0 Å². The summed E-state index contributed by atoms with van der Waals surface area (Å²) in [6.45, 7) is 1.44. The van der Waals surface area contributed by atoms with E-state index >= 15 is 0 Å². The molecule has 2 aromatic carbocycles. The van der Waals surface area contributed by atoms with E-state index in [9.17, 15) is 9.59 Å². The molecule has 0 aromatic heterocycles. The number of rotatable bonds is 3. The average Bonchev–Trinajstić information content (AvgIpc) is 2.38. The Kier molecular flexibility index (Phi) is 3.97. The van der Waals surface area contributed by atoms with Crippen LogP contribution in [-0.4, -0.2) is 11.7 Å². The van der Waals surface area contributed by atoms with Gasteiger partial charge in [-0.1, -0.05) is 23.7 Å². The van der Waals surface area contributed by atoms with Crippen LogP contribution >= 0.6 is 11.6 Å². The van der Waals surface area contributed by atoms with Crippen molar-refractivity contribution in [3.05, 3.63) is 64.7 Å². The fourth-order valence-electron chi connectivity index (χ4n) is 1.70. The van der Waals surface area contributed by atoms with Crippen molar-refractivity contribution < 1.29 is 9.59 Å². The maximum Gasteiger partial charge on any atom is 0.221 e. The van der Waals surface area contributed by atoms with Gasteiger partial charge in [0.2, 0.25) is 5.91 Å². The van der Waals surface area contributed by atoms with Crippen LogP contribution in [0, 0.1) is 0 Å². The monoisotopic (exact) mass is 273 g/mol. The first kappa shape index (κ1) is 13.3. The average molecular weight is 274 g/mol. The van der Waals surface area contributed by atoms with Crippen molar-refractivity contribution >= 4 is 29.0 Å². The van der Waals surface area contributed by atoms with Gasteiger partial charge in [-0.05, 0) is 36.4 Å². The second-order valence-corrected chi connectivity index (χ2v) is 4.53. The van der Waals surface area contributed by atoms with Gasteiger partial charge >= 0.3 is 0 Å². The van der Waals surface area contributed by atoms with Gasteiger partial charge in [-0.2, -0.15) is 0 Å². The highest BCUT2D eigenvalue weighted by molar-refractivity contribution is 6.31. The van der Waals surface area contributed by atoms with Crippen LogP contribution in [0.4, 0.5) is 5.69 Å². The lowest BCUT2D eigenvalue weighted by Gasteiger charge is -2.04. The zero-order valence-electron chi connectivity index (χ0n) is 10.3. The Morgan fingerprint density at radius 3 is 2.26 bits per heavy atom. The maximum atomic E-state index is 12.2. The number of nitrogens with one attached hydrogen (secondary N) is 1. The molecule has 96 valence electrons. The van der Waals surface area contributed by atoms with Crippen LogP contribution in [0.1, 0.15) is 22.8 Å². The Balaban J connectivity index is 2.22. The molecule has 0 atom stereocenters. The standard InChI is InChI=1S/C15H12ClNO2/c1-10(18)17-14-7-5-11(6-8-14)15(19)12-3-2-4-13(16)9-12/h2-9H,1H3,(H,17,18). The molecule has 0 aliphatic heterocycles. The van der Waals surface area contributed by atoms with Gasteiger partial charge < -0.3 is 5.32 Å². The molecule has 1 amide bonds. The third kappa shape index (κ3) is 3.42. The van der Waals surface area contributed by atoms with E-state index < -0.39 is 0 Å². The molecule has 0 saturated heterocycles. The Morgan fingerprint density at radius 1 is 1.00 bits per heavy atom. The van der Waals surface area contributed by atoms with E-state index in [4.69, 9.17) is 11.6 Å². The summed E-state index contributed by atoms with van der Waals surface area (Å²) in [5, 5.41) is 3.18. The van der Waals surface area contributed by atoms with Gasteiger partial charge in [0.1, 0.15) is 0 Å². The number of carbonyl (C=O) groups is 2. The molecule has 0 spiro atoms. The summed E-state index contributed by atoms with van der Waals surface area (Å²) < 4.78 is 0. The van der Waals surface area contributed by atoms with Crippen LogP contribution in [0.5, 0.6) is 0 Å². The number of halogens is 1. The fourth-order valence-corrected chi connectivity index (χ4v) is 1.89. The largest absolute Gasteiger partial charge is 0.326 e. The third-order valence-corrected chi connectivity index (χ3v) is 2.79.